The van der Waals surface area contributed by atoms with Crippen LogP contribution in [0.15, 0.2) is 28.9 Å². The molecule has 6 nitrogen and oxygen atoms in total. The van der Waals surface area contributed by atoms with E-state index in [1.807, 2.05) is 25.1 Å². The minimum atomic E-state index is 0.291. The summed E-state index contributed by atoms with van der Waals surface area (Å²) in [5.74, 6) is 2.27. The number of rotatable bonds is 6. The highest BCUT2D eigenvalue weighted by Gasteiger charge is 2.15. The van der Waals surface area contributed by atoms with Gasteiger partial charge in [0.05, 0.1) is 18.9 Å². The highest BCUT2D eigenvalue weighted by molar-refractivity contribution is 5.42. The van der Waals surface area contributed by atoms with Gasteiger partial charge in [-0.2, -0.15) is 4.98 Å². The Morgan fingerprint density at radius 3 is 3.05 bits per heavy atom. The molecule has 1 saturated heterocycles. The predicted octanol–water partition coefficient (Wildman–Crippen LogP) is 2.58. The average molecular weight is 288 g/mol. The van der Waals surface area contributed by atoms with Crippen LogP contribution in [0.1, 0.15) is 24.3 Å². The third-order valence-electron chi connectivity index (χ3n) is 3.39. The summed E-state index contributed by atoms with van der Waals surface area (Å²) in [6.07, 6.45) is 4.20. The van der Waals surface area contributed by atoms with Crippen LogP contribution in [0.3, 0.4) is 0 Å². The zero-order valence-corrected chi connectivity index (χ0v) is 12.1. The van der Waals surface area contributed by atoms with Gasteiger partial charge in [0.15, 0.2) is 0 Å². The number of ether oxygens (including phenoxy) is 1. The maximum Gasteiger partial charge on any atom is 0.225 e. The Morgan fingerprint density at radius 1 is 1.33 bits per heavy atom. The summed E-state index contributed by atoms with van der Waals surface area (Å²) < 4.78 is 10.9. The van der Waals surface area contributed by atoms with Crippen molar-refractivity contribution in [3.63, 3.8) is 0 Å². The van der Waals surface area contributed by atoms with Crippen molar-refractivity contribution < 1.29 is 9.15 Å². The number of hydrogen-bond donors (Lipinski definition) is 2. The lowest BCUT2D eigenvalue weighted by molar-refractivity contribution is 0.120. The van der Waals surface area contributed by atoms with Crippen LogP contribution in [0, 0.1) is 6.92 Å². The first-order valence-electron chi connectivity index (χ1n) is 7.27. The highest BCUT2D eigenvalue weighted by atomic mass is 16.5. The molecule has 0 radical (unpaired) electrons. The Morgan fingerprint density at radius 2 is 2.29 bits per heavy atom. The normalized spacial score (nSPS) is 17.9. The lowest BCUT2D eigenvalue weighted by atomic mass is 10.2. The molecule has 1 aliphatic heterocycles. The Kier molecular flexibility index (Phi) is 4.35. The fraction of sp³-hybridized carbons (Fsp3) is 0.467. The molecule has 0 amide bonds. The molecular weight excluding hydrogens is 268 g/mol. The molecule has 3 rings (SSSR count). The molecule has 2 aromatic rings. The molecule has 6 heteroatoms. The average Bonchev–Trinajstić information content (AvgIpc) is 3.16. The van der Waals surface area contributed by atoms with Crippen LogP contribution in [-0.2, 0) is 11.3 Å². The van der Waals surface area contributed by atoms with Crippen molar-refractivity contribution in [1.29, 1.82) is 0 Å². The second-order valence-electron chi connectivity index (χ2n) is 5.17. The summed E-state index contributed by atoms with van der Waals surface area (Å²) >= 11 is 0. The van der Waals surface area contributed by atoms with Gasteiger partial charge in [-0.25, -0.2) is 4.98 Å². The van der Waals surface area contributed by atoms with Crippen LogP contribution in [0.2, 0.25) is 0 Å². The molecule has 2 aromatic heterocycles. The van der Waals surface area contributed by atoms with Gasteiger partial charge < -0.3 is 19.8 Å². The summed E-state index contributed by atoms with van der Waals surface area (Å²) in [6.45, 7) is 4.18. The molecule has 21 heavy (non-hydrogen) atoms. The monoisotopic (exact) mass is 288 g/mol. The van der Waals surface area contributed by atoms with E-state index in [-0.39, 0.29) is 0 Å². The van der Waals surface area contributed by atoms with Gasteiger partial charge in [-0.15, -0.1) is 0 Å². The van der Waals surface area contributed by atoms with Crippen molar-refractivity contribution in [3.05, 3.63) is 35.9 Å². The van der Waals surface area contributed by atoms with Gasteiger partial charge in [0, 0.05) is 24.9 Å². The Labute approximate surface area is 123 Å². The third kappa shape index (κ3) is 3.95. The molecule has 0 spiro atoms. The number of aryl methyl sites for hydroxylation is 1. The zero-order chi connectivity index (χ0) is 14.5. The second kappa shape index (κ2) is 6.58. The van der Waals surface area contributed by atoms with E-state index in [0.717, 1.165) is 43.3 Å². The van der Waals surface area contributed by atoms with Crippen molar-refractivity contribution >= 4 is 11.8 Å². The van der Waals surface area contributed by atoms with E-state index in [2.05, 4.69) is 20.6 Å². The quantitative estimate of drug-likeness (QED) is 0.851. The minimum absolute atomic E-state index is 0.291. The van der Waals surface area contributed by atoms with Crippen molar-refractivity contribution in [2.45, 2.75) is 32.4 Å². The summed E-state index contributed by atoms with van der Waals surface area (Å²) in [7, 11) is 0. The molecule has 1 aliphatic rings. The lowest BCUT2D eigenvalue weighted by Crippen LogP contribution is -2.19. The van der Waals surface area contributed by atoms with Crippen molar-refractivity contribution in [3.8, 4) is 0 Å². The van der Waals surface area contributed by atoms with E-state index in [1.165, 1.54) is 0 Å². The van der Waals surface area contributed by atoms with Gasteiger partial charge in [-0.3, -0.25) is 0 Å². The topological polar surface area (TPSA) is 72.2 Å². The van der Waals surface area contributed by atoms with Crippen LogP contribution < -0.4 is 10.6 Å². The van der Waals surface area contributed by atoms with Gasteiger partial charge in [-0.1, -0.05) is 0 Å². The number of aromatic nitrogens is 2. The van der Waals surface area contributed by atoms with Gasteiger partial charge in [-0.05, 0) is 31.9 Å². The molecule has 112 valence electrons. The first kappa shape index (κ1) is 13.9. The van der Waals surface area contributed by atoms with E-state index in [4.69, 9.17) is 9.15 Å². The van der Waals surface area contributed by atoms with E-state index in [1.54, 1.807) is 6.26 Å². The summed E-state index contributed by atoms with van der Waals surface area (Å²) in [5.41, 5.74) is 0.918. The molecule has 1 unspecified atom stereocenters. The first-order valence-corrected chi connectivity index (χ1v) is 7.27. The van der Waals surface area contributed by atoms with E-state index in [0.29, 0.717) is 18.6 Å². The van der Waals surface area contributed by atoms with Gasteiger partial charge in [0.1, 0.15) is 11.6 Å². The van der Waals surface area contributed by atoms with Crippen LogP contribution in [-0.4, -0.2) is 29.2 Å². The summed E-state index contributed by atoms with van der Waals surface area (Å²) in [6, 6.07) is 5.72. The number of hydrogen-bond acceptors (Lipinski definition) is 6. The molecule has 1 atom stereocenters. The third-order valence-corrected chi connectivity index (χ3v) is 3.39. The second-order valence-corrected chi connectivity index (χ2v) is 5.17. The Balaban J connectivity index is 1.58. The van der Waals surface area contributed by atoms with Crippen LogP contribution >= 0.6 is 0 Å². The minimum Gasteiger partial charge on any atom is -0.467 e. The van der Waals surface area contributed by atoms with Gasteiger partial charge in [0.2, 0.25) is 5.95 Å². The van der Waals surface area contributed by atoms with E-state index < -0.39 is 0 Å². The van der Waals surface area contributed by atoms with Crippen LogP contribution in [0.5, 0.6) is 0 Å². The van der Waals surface area contributed by atoms with Gasteiger partial charge >= 0.3 is 0 Å². The Bertz CT molecular complexity index is 565. The largest absolute Gasteiger partial charge is 0.467 e. The van der Waals surface area contributed by atoms with Crippen molar-refractivity contribution in [2.75, 3.05) is 23.8 Å². The van der Waals surface area contributed by atoms with Crippen LogP contribution in [0.4, 0.5) is 11.8 Å². The van der Waals surface area contributed by atoms with E-state index in [9.17, 15) is 0 Å². The summed E-state index contributed by atoms with van der Waals surface area (Å²) in [4.78, 5) is 8.84. The van der Waals surface area contributed by atoms with Gasteiger partial charge in [0.25, 0.3) is 0 Å². The van der Waals surface area contributed by atoms with Crippen molar-refractivity contribution in [1.82, 2.24) is 9.97 Å². The summed E-state index contributed by atoms with van der Waals surface area (Å²) in [5, 5.41) is 6.49. The molecule has 0 saturated carbocycles. The maximum absolute atomic E-state index is 5.60. The SMILES string of the molecule is Cc1cc(NCC2CCCO2)nc(NCc2ccco2)n1. The maximum atomic E-state index is 5.60. The predicted molar refractivity (Wildman–Crippen MR) is 80.3 cm³/mol. The molecule has 3 heterocycles. The highest BCUT2D eigenvalue weighted by Crippen LogP contribution is 2.15. The van der Waals surface area contributed by atoms with Crippen molar-refractivity contribution in [2.24, 2.45) is 0 Å². The molecular formula is C15H20N4O2. The zero-order valence-electron chi connectivity index (χ0n) is 12.1. The lowest BCUT2D eigenvalue weighted by Gasteiger charge is -2.12. The fourth-order valence-corrected chi connectivity index (χ4v) is 2.34. The molecule has 0 aliphatic carbocycles. The first-order chi connectivity index (χ1) is 10.3. The molecule has 1 fully saturated rings. The number of nitrogens with zero attached hydrogens (tertiary/aromatic N) is 2. The van der Waals surface area contributed by atoms with Crippen LogP contribution in [0.25, 0.3) is 0 Å². The molecule has 0 aromatic carbocycles. The smallest absolute Gasteiger partial charge is 0.225 e. The standard InChI is InChI=1S/C15H20N4O2/c1-11-8-14(16-9-12-4-2-6-20-12)19-15(18-11)17-10-13-5-3-7-21-13/h3,5,7-8,12H,2,4,6,9-10H2,1H3,(H2,16,17,18,19). The number of nitrogens with one attached hydrogen (secondary N) is 2. The van der Waals surface area contributed by atoms with E-state index >= 15 is 0 Å². The molecule has 2 N–H and O–H groups in total. The number of furan rings is 1. The molecule has 0 bridgehead atoms. The number of anilines is 2. The fourth-order valence-electron chi connectivity index (χ4n) is 2.34. The Hall–Kier alpha value is -2.08.